The van der Waals surface area contributed by atoms with Gasteiger partial charge in [0, 0.05) is 26.2 Å². The molecule has 0 heterocycles. The summed E-state index contributed by atoms with van der Waals surface area (Å²) in [7, 11) is 1.73. The molecule has 0 saturated carbocycles. The van der Waals surface area contributed by atoms with E-state index in [4.69, 9.17) is 10.5 Å². The fourth-order valence-electron chi connectivity index (χ4n) is 1.52. The van der Waals surface area contributed by atoms with Gasteiger partial charge in [-0.3, -0.25) is 4.90 Å². The summed E-state index contributed by atoms with van der Waals surface area (Å²) in [5.41, 5.74) is 5.69. The summed E-state index contributed by atoms with van der Waals surface area (Å²) in [6, 6.07) is 0.373. The number of likely N-dealkylation sites (N-methyl/N-ethyl adjacent to an activating group) is 1. The maximum atomic E-state index is 5.69. The second-order valence-electron chi connectivity index (χ2n) is 3.83. The van der Waals surface area contributed by atoms with Gasteiger partial charge in [0.1, 0.15) is 0 Å². The third-order valence-electron chi connectivity index (χ3n) is 2.15. The van der Waals surface area contributed by atoms with Gasteiger partial charge in [0.25, 0.3) is 0 Å². The van der Waals surface area contributed by atoms with Crippen molar-refractivity contribution >= 4 is 0 Å². The average Bonchev–Trinajstić information content (AvgIpc) is 2.10. The molecule has 1 atom stereocenters. The summed E-state index contributed by atoms with van der Waals surface area (Å²) in [6.45, 7) is 10.2. The minimum absolute atomic E-state index is 0.373. The van der Waals surface area contributed by atoms with Crippen molar-refractivity contribution in [1.29, 1.82) is 0 Å². The zero-order valence-electron chi connectivity index (χ0n) is 9.42. The Morgan fingerprint density at radius 1 is 1.38 bits per heavy atom. The predicted octanol–water partition coefficient (Wildman–Crippen LogP) is 0.938. The van der Waals surface area contributed by atoms with Crippen molar-refractivity contribution in [3.05, 3.63) is 0 Å². The topological polar surface area (TPSA) is 38.5 Å². The molecule has 3 heteroatoms. The molecule has 0 aliphatic heterocycles. The fourth-order valence-corrected chi connectivity index (χ4v) is 1.52. The Kier molecular flexibility index (Phi) is 7.23. The summed E-state index contributed by atoms with van der Waals surface area (Å²) in [5, 5.41) is 0. The van der Waals surface area contributed by atoms with E-state index < -0.39 is 0 Å². The number of rotatable bonds is 7. The molecule has 0 amide bonds. The van der Waals surface area contributed by atoms with E-state index in [1.807, 2.05) is 0 Å². The lowest BCUT2D eigenvalue weighted by atomic mass is 10.1. The summed E-state index contributed by atoms with van der Waals surface area (Å²) in [6.07, 6.45) is 0. The maximum Gasteiger partial charge on any atom is 0.0630 e. The number of hydrogen-bond acceptors (Lipinski definition) is 3. The van der Waals surface area contributed by atoms with Crippen LogP contribution in [0.5, 0.6) is 0 Å². The monoisotopic (exact) mass is 188 g/mol. The first kappa shape index (κ1) is 12.9. The Hall–Kier alpha value is -0.120. The van der Waals surface area contributed by atoms with Crippen LogP contribution in [0.15, 0.2) is 0 Å². The second kappa shape index (κ2) is 7.30. The normalized spacial score (nSPS) is 14.1. The molecule has 2 N–H and O–H groups in total. The van der Waals surface area contributed by atoms with Crippen molar-refractivity contribution in [3.63, 3.8) is 0 Å². The minimum Gasteiger partial charge on any atom is -0.383 e. The third kappa shape index (κ3) is 5.24. The van der Waals surface area contributed by atoms with Crippen LogP contribution >= 0.6 is 0 Å². The molecule has 0 saturated heterocycles. The van der Waals surface area contributed by atoms with Gasteiger partial charge in [0.05, 0.1) is 6.61 Å². The van der Waals surface area contributed by atoms with Crippen molar-refractivity contribution in [3.8, 4) is 0 Å². The van der Waals surface area contributed by atoms with E-state index in [9.17, 15) is 0 Å². The molecule has 3 nitrogen and oxygen atoms in total. The van der Waals surface area contributed by atoms with Gasteiger partial charge in [-0.15, -0.1) is 0 Å². The van der Waals surface area contributed by atoms with Crippen LogP contribution in [0.3, 0.4) is 0 Å². The summed E-state index contributed by atoms with van der Waals surface area (Å²) in [4.78, 5) is 2.38. The van der Waals surface area contributed by atoms with Crippen molar-refractivity contribution in [2.24, 2.45) is 11.7 Å². The molecule has 0 spiro atoms. The van der Waals surface area contributed by atoms with Crippen molar-refractivity contribution in [2.75, 3.05) is 33.4 Å². The van der Waals surface area contributed by atoms with Crippen molar-refractivity contribution in [2.45, 2.75) is 26.8 Å². The predicted molar refractivity (Wildman–Crippen MR) is 56.8 cm³/mol. The molecular formula is C10H24N2O. The van der Waals surface area contributed by atoms with E-state index >= 15 is 0 Å². The highest BCUT2D eigenvalue weighted by Gasteiger charge is 2.15. The molecule has 0 rings (SSSR count). The zero-order chi connectivity index (χ0) is 10.3. The molecule has 0 fully saturated rings. The van der Waals surface area contributed by atoms with Gasteiger partial charge < -0.3 is 10.5 Å². The molecule has 0 aromatic rings. The van der Waals surface area contributed by atoms with E-state index in [0.717, 1.165) is 19.7 Å². The number of ether oxygens (including phenoxy) is 1. The Labute approximate surface area is 82.2 Å². The molecule has 80 valence electrons. The first-order valence-electron chi connectivity index (χ1n) is 5.08. The zero-order valence-corrected chi connectivity index (χ0v) is 9.42. The maximum absolute atomic E-state index is 5.69. The highest BCUT2D eigenvalue weighted by molar-refractivity contribution is 4.72. The van der Waals surface area contributed by atoms with Gasteiger partial charge in [0.2, 0.25) is 0 Å². The smallest absolute Gasteiger partial charge is 0.0630 e. The lowest BCUT2D eigenvalue weighted by Gasteiger charge is -2.30. The molecule has 0 bridgehead atoms. The van der Waals surface area contributed by atoms with Gasteiger partial charge >= 0.3 is 0 Å². The SMILES string of the molecule is CCN(CC(C)C)C(CN)COC. The largest absolute Gasteiger partial charge is 0.383 e. The molecule has 1 unspecified atom stereocenters. The number of nitrogens with two attached hydrogens (primary N) is 1. The minimum atomic E-state index is 0.373. The first-order chi connectivity index (χ1) is 6.15. The Morgan fingerprint density at radius 3 is 2.31 bits per heavy atom. The van der Waals surface area contributed by atoms with Crippen LogP contribution in [0.25, 0.3) is 0 Å². The van der Waals surface area contributed by atoms with Crippen molar-refractivity contribution < 1.29 is 4.74 Å². The van der Waals surface area contributed by atoms with E-state index in [1.165, 1.54) is 0 Å². The quantitative estimate of drug-likeness (QED) is 0.646. The highest BCUT2D eigenvalue weighted by atomic mass is 16.5. The van der Waals surface area contributed by atoms with Crippen LogP contribution in [-0.4, -0.2) is 44.3 Å². The van der Waals surface area contributed by atoms with Gasteiger partial charge in [0.15, 0.2) is 0 Å². The van der Waals surface area contributed by atoms with Gasteiger partial charge in [-0.2, -0.15) is 0 Å². The van der Waals surface area contributed by atoms with E-state index in [0.29, 0.717) is 18.5 Å². The van der Waals surface area contributed by atoms with Crippen LogP contribution in [0.4, 0.5) is 0 Å². The fraction of sp³-hybridized carbons (Fsp3) is 1.00. The molecule has 0 radical (unpaired) electrons. The van der Waals surface area contributed by atoms with E-state index in [2.05, 4.69) is 25.7 Å². The Bertz CT molecular complexity index is 117. The number of nitrogens with zero attached hydrogens (tertiary/aromatic N) is 1. The molecule has 0 aliphatic rings. The van der Waals surface area contributed by atoms with Crippen LogP contribution in [0.1, 0.15) is 20.8 Å². The van der Waals surface area contributed by atoms with Gasteiger partial charge in [-0.25, -0.2) is 0 Å². The standard InChI is InChI=1S/C10H24N2O/c1-5-12(7-9(2)3)10(6-11)8-13-4/h9-10H,5-8,11H2,1-4H3. The van der Waals surface area contributed by atoms with Crippen LogP contribution in [0, 0.1) is 5.92 Å². The lowest BCUT2D eigenvalue weighted by molar-refractivity contribution is 0.0897. The van der Waals surface area contributed by atoms with Crippen LogP contribution < -0.4 is 5.73 Å². The average molecular weight is 188 g/mol. The van der Waals surface area contributed by atoms with Crippen LogP contribution in [0.2, 0.25) is 0 Å². The third-order valence-corrected chi connectivity index (χ3v) is 2.15. The lowest BCUT2D eigenvalue weighted by Crippen LogP contribution is -2.45. The second-order valence-corrected chi connectivity index (χ2v) is 3.83. The van der Waals surface area contributed by atoms with E-state index in [-0.39, 0.29) is 0 Å². The van der Waals surface area contributed by atoms with E-state index in [1.54, 1.807) is 7.11 Å². The Balaban J connectivity index is 4.00. The van der Waals surface area contributed by atoms with Crippen LogP contribution in [-0.2, 0) is 4.74 Å². The number of hydrogen-bond donors (Lipinski definition) is 1. The summed E-state index contributed by atoms with van der Waals surface area (Å²) < 4.78 is 5.14. The Morgan fingerprint density at radius 2 is 2.00 bits per heavy atom. The molecule has 0 aliphatic carbocycles. The summed E-state index contributed by atoms with van der Waals surface area (Å²) >= 11 is 0. The first-order valence-corrected chi connectivity index (χ1v) is 5.08. The van der Waals surface area contributed by atoms with Crippen molar-refractivity contribution in [1.82, 2.24) is 4.90 Å². The highest BCUT2D eigenvalue weighted by Crippen LogP contribution is 2.03. The van der Waals surface area contributed by atoms with Gasteiger partial charge in [-0.1, -0.05) is 20.8 Å². The van der Waals surface area contributed by atoms with Gasteiger partial charge in [-0.05, 0) is 12.5 Å². The summed E-state index contributed by atoms with van der Waals surface area (Å²) in [5.74, 6) is 0.686. The molecule has 0 aromatic carbocycles. The molecule has 0 aromatic heterocycles. The molecular weight excluding hydrogens is 164 g/mol. The molecule has 13 heavy (non-hydrogen) atoms. The number of methoxy groups -OCH3 is 1.